The number of hydrogen-bond acceptors (Lipinski definition) is 3. The molecule has 0 aromatic heterocycles. The summed E-state index contributed by atoms with van der Waals surface area (Å²) in [6, 6.07) is 15.4. The first kappa shape index (κ1) is 24.7. The van der Waals surface area contributed by atoms with Crippen LogP contribution < -0.4 is 4.18 Å². The van der Waals surface area contributed by atoms with Crippen molar-refractivity contribution in [3.63, 3.8) is 0 Å². The molecule has 0 fully saturated rings. The van der Waals surface area contributed by atoms with Crippen LogP contribution in [0.25, 0.3) is 21.9 Å². The summed E-state index contributed by atoms with van der Waals surface area (Å²) in [5, 5.41) is -6.98. The smallest absolute Gasteiger partial charge is 0.377 e. The topological polar surface area (TPSA) is 43.4 Å². The maximum absolute atomic E-state index is 14.1. The summed E-state index contributed by atoms with van der Waals surface area (Å²) >= 11 is 0. The molecule has 0 saturated heterocycles. The van der Waals surface area contributed by atoms with Gasteiger partial charge in [0.15, 0.2) is 5.75 Å². The van der Waals surface area contributed by atoms with Crippen molar-refractivity contribution >= 4 is 20.9 Å². The number of rotatable bonds is 6. The average molecular weight is 502 g/mol. The van der Waals surface area contributed by atoms with Gasteiger partial charge in [-0.3, -0.25) is 0 Å². The van der Waals surface area contributed by atoms with E-state index in [4.69, 9.17) is 0 Å². The molecule has 3 aromatic rings. The van der Waals surface area contributed by atoms with Crippen LogP contribution in [0.2, 0.25) is 0 Å². The zero-order valence-electron chi connectivity index (χ0n) is 15.9. The lowest BCUT2D eigenvalue weighted by molar-refractivity contribution is -0.382. The van der Waals surface area contributed by atoms with Crippen molar-refractivity contribution in [3.05, 3.63) is 66.7 Å². The lowest BCUT2D eigenvalue weighted by atomic mass is 10.0. The number of benzene rings is 3. The van der Waals surface area contributed by atoms with Crippen LogP contribution in [-0.2, 0) is 10.1 Å². The van der Waals surface area contributed by atoms with Crippen molar-refractivity contribution in [2.24, 2.45) is 0 Å². The van der Waals surface area contributed by atoms with E-state index in [1.54, 1.807) is 18.2 Å². The molecule has 0 amide bonds. The van der Waals surface area contributed by atoms with Crippen LogP contribution in [0, 0.1) is 0 Å². The standard InChI is InChI=1S/C20H11F9O3S/c21-17(22,19(25,26)27)18(23,24)20(28,29)33(30,31)32-16-11-14(12-6-2-1-3-7-12)10-13-8-4-5-9-15(13)16/h1-11H. The molecule has 0 unspecified atom stereocenters. The van der Waals surface area contributed by atoms with Crippen LogP contribution in [-0.4, -0.2) is 31.7 Å². The van der Waals surface area contributed by atoms with Crippen LogP contribution in [0.5, 0.6) is 5.75 Å². The molecule has 0 radical (unpaired) electrons. The van der Waals surface area contributed by atoms with Crippen LogP contribution in [0.1, 0.15) is 0 Å². The summed E-state index contributed by atoms with van der Waals surface area (Å²) < 4.78 is 147. The maximum Gasteiger partial charge on any atom is 0.460 e. The number of halogens is 9. The summed E-state index contributed by atoms with van der Waals surface area (Å²) in [4.78, 5) is 0. The zero-order chi connectivity index (χ0) is 24.9. The molecule has 3 rings (SSSR count). The van der Waals surface area contributed by atoms with Gasteiger partial charge in [0, 0.05) is 5.39 Å². The minimum atomic E-state index is -7.38. The second-order valence-corrected chi connectivity index (χ2v) is 8.35. The summed E-state index contributed by atoms with van der Waals surface area (Å²) in [5.41, 5.74) is 0.571. The fourth-order valence-corrected chi connectivity index (χ4v) is 3.75. The average Bonchev–Trinajstić information content (AvgIpc) is 2.73. The molecule has 13 heteroatoms. The molecule has 0 aliphatic heterocycles. The molecule has 33 heavy (non-hydrogen) atoms. The van der Waals surface area contributed by atoms with E-state index in [1.165, 1.54) is 36.4 Å². The van der Waals surface area contributed by atoms with Crippen molar-refractivity contribution in [3.8, 4) is 16.9 Å². The minimum Gasteiger partial charge on any atom is -0.377 e. The van der Waals surface area contributed by atoms with Crippen molar-refractivity contribution in [1.29, 1.82) is 0 Å². The molecule has 0 spiro atoms. The summed E-state index contributed by atoms with van der Waals surface area (Å²) in [6.07, 6.45) is -7.17. The molecule has 0 heterocycles. The van der Waals surface area contributed by atoms with Crippen LogP contribution in [0.3, 0.4) is 0 Å². The first-order valence-electron chi connectivity index (χ1n) is 8.75. The number of alkyl halides is 9. The highest BCUT2D eigenvalue weighted by atomic mass is 32.2. The Hall–Kier alpha value is -2.96. The summed E-state index contributed by atoms with van der Waals surface area (Å²) in [5.74, 6) is -15.7. The van der Waals surface area contributed by atoms with Gasteiger partial charge in [-0.1, -0.05) is 54.6 Å². The van der Waals surface area contributed by atoms with Crippen molar-refractivity contribution in [2.75, 3.05) is 0 Å². The molecule has 0 saturated carbocycles. The van der Waals surface area contributed by atoms with Gasteiger partial charge in [-0.05, 0) is 28.6 Å². The van der Waals surface area contributed by atoms with E-state index in [0.717, 1.165) is 12.1 Å². The number of fused-ring (bicyclic) bond motifs is 1. The van der Waals surface area contributed by atoms with Crippen LogP contribution in [0.15, 0.2) is 66.7 Å². The highest BCUT2D eigenvalue weighted by Gasteiger charge is 2.86. The highest BCUT2D eigenvalue weighted by molar-refractivity contribution is 7.88. The van der Waals surface area contributed by atoms with Gasteiger partial charge in [-0.25, -0.2) is 0 Å². The minimum absolute atomic E-state index is 0.162. The van der Waals surface area contributed by atoms with E-state index >= 15 is 0 Å². The summed E-state index contributed by atoms with van der Waals surface area (Å²) in [7, 11) is -7.07. The predicted octanol–water partition coefficient (Wildman–Crippen LogP) is 6.64. The van der Waals surface area contributed by atoms with Gasteiger partial charge in [0.05, 0.1) is 0 Å². The van der Waals surface area contributed by atoms with Gasteiger partial charge in [-0.15, -0.1) is 0 Å². The number of hydrogen-bond donors (Lipinski definition) is 0. The molecule has 0 bridgehead atoms. The first-order chi connectivity index (χ1) is 15.0. The molecule has 0 aliphatic carbocycles. The van der Waals surface area contributed by atoms with Gasteiger partial charge >= 0.3 is 33.4 Å². The third kappa shape index (κ3) is 3.98. The Morgan fingerprint density at radius 1 is 0.636 bits per heavy atom. The Morgan fingerprint density at radius 2 is 1.18 bits per heavy atom. The van der Waals surface area contributed by atoms with E-state index in [0.29, 0.717) is 5.56 Å². The second kappa shape index (κ2) is 7.82. The van der Waals surface area contributed by atoms with Gasteiger partial charge in [0.2, 0.25) is 0 Å². The molecule has 3 nitrogen and oxygen atoms in total. The Kier molecular flexibility index (Phi) is 5.85. The highest BCUT2D eigenvalue weighted by Crippen LogP contribution is 2.55. The molecular weight excluding hydrogens is 491 g/mol. The van der Waals surface area contributed by atoms with Gasteiger partial charge in [0.1, 0.15) is 0 Å². The van der Waals surface area contributed by atoms with Crippen LogP contribution >= 0.6 is 0 Å². The van der Waals surface area contributed by atoms with Gasteiger partial charge in [-0.2, -0.15) is 47.9 Å². The zero-order valence-corrected chi connectivity index (χ0v) is 16.7. The third-order valence-corrected chi connectivity index (χ3v) is 5.84. The van der Waals surface area contributed by atoms with E-state index < -0.39 is 39.1 Å². The molecule has 3 aromatic carbocycles. The lowest BCUT2D eigenvalue weighted by Crippen LogP contribution is -2.63. The molecule has 0 N–H and O–H groups in total. The Labute approximate surface area is 180 Å². The largest absolute Gasteiger partial charge is 0.460 e. The van der Waals surface area contributed by atoms with E-state index in [2.05, 4.69) is 4.18 Å². The Balaban J connectivity index is 2.14. The first-order valence-corrected chi connectivity index (χ1v) is 10.2. The normalized spacial score (nSPS) is 13.8. The van der Waals surface area contributed by atoms with Crippen molar-refractivity contribution in [1.82, 2.24) is 0 Å². The second-order valence-electron chi connectivity index (χ2n) is 6.76. The van der Waals surface area contributed by atoms with Crippen molar-refractivity contribution in [2.45, 2.75) is 23.3 Å². The van der Waals surface area contributed by atoms with Crippen LogP contribution in [0.4, 0.5) is 39.5 Å². The quantitative estimate of drug-likeness (QED) is 0.280. The fourth-order valence-electron chi connectivity index (χ4n) is 2.83. The molecular formula is C20H11F9O3S. The van der Waals surface area contributed by atoms with Gasteiger partial charge in [0.25, 0.3) is 0 Å². The van der Waals surface area contributed by atoms with E-state index in [9.17, 15) is 47.9 Å². The third-order valence-electron chi connectivity index (χ3n) is 4.56. The monoisotopic (exact) mass is 502 g/mol. The SMILES string of the molecule is O=S(=O)(Oc1cc(-c2ccccc2)cc2ccccc12)C(F)(F)C(F)(F)C(F)(F)C(F)(F)F. The van der Waals surface area contributed by atoms with E-state index in [1.807, 2.05) is 0 Å². The summed E-state index contributed by atoms with van der Waals surface area (Å²) in [6.45, 7) is 0. The fraction of sp³-hybridized carbons (Fsp3) is 0.200. The predicted molar refractivity (Wildman–Crippen MR) is 99.8 cm³/mol. The van der Waals surface area contributed by atoms with Crippen molar-refractivity contribution < 1.29 is 52.1 Å². The van der Waals surface area contributed by atoms with E-state index in [-0.39, 0.29) is 16.3 Å². The Morgan fingerprint density at radius 3 is 1.76 bits per heavy atom. The Bertz CT molecular complexity index is 1270. The maximum atomic E-state index is 14.1. The molecule has 178 valence electrons. The lowest BCUT2D eigenvalue weighted by Gasteiger charge is -2.32. The van der Waals surface area contributed by atoms with Gasteiger partial charge < -0.3 is 4.18 Å². The molecule has 0 atom stereocenters. The molecule has 0 aliphatic rings.